The highest BCUT2D eigenvalue weighted by Gasteiger charge is 2.37. The van der Waals surface area contributed by atoms with Crippen LogP contribution in [-0.2, 0) is 9.59 Å². The Morgan fingerprint density at radius 2 is 2.00 bits per heavy atom. The molecule has 0 spiro atoms. The van der Waals surface area contributed by atoms with Crippen molar-refractivity contribution in [1.29, 1.82) is 0 Å². The first-order chi connectivity index (χ1) is 11.5. The molecule has 2 fully saturated rings. The van der Waals surface area contributed by atoms with E-state index in [1.165, 1.54) is 6.07 Å². The van der Waals surface area contributed by atoms with Gasteiger partial charge in [-0.15, -0.1) is 0 Å². The number of amides is 3. The van der Waals surface area contributed by atoms with Gasteiger partial charge in [0.1, 0.15) is 12.3 Å². The molecule has 2 aliphatic heterocycles. The van der Waals surface area contributed by atoms with Crippen molar-refractivity contribution in [2.75, 3.05) is 19.6 Å². The maximum Gasteiger partial charge on any atom is 0.294 e. The predicted octanol–water partition coefficient (Wildman–Crippen LogP) is 2.66. The van der Waals surface area contributed by atoms with Crippen molar-refractivity contribution in [3.8, 4) is 5.75 Å². The smallest absolute Gasteiger partial charge is 0.294 e. The van der Waals surface area contributed by atoms with Crippen LogP contribution >= 0.6 is 34.4 Å². The Balaban J connectivity index is 1.74. The van der Waals surface area contributed by atoms with Gasteiger partial charge in [0.05, 0.1) is 8.48 Å². The van der Waals surface area contributed by atoms with Crippen LogP contribution in [0.2, 0.25) is 0 Å². The van der Waals surface area contributed by atoms with E-state index in [1.54, 1.807) is 23.1 Å². The van der Waals surface area contributed by atoms with E-state index in [2.05, 4.69) is 0 Å². The highest BCUT2D eigenvalue weighted by atomic mass is 127. The standard InChI is InChI=1S/C16H15IN2O4S/c17-11-7-10(3-4-12(11)20)8-13-15(22)19(16(23)24-13)9-14(21)18-5-1-2-6-18/h3-4,7-8,20H,1-2,5-6,9H2. The monoisotopic (exact) mass is 458 g/mol. The van der Waals surface area contributed by atoms with Crippen LogP contribution < -0.4 is 0 Å². The first-order valence-corrected chi connectivity index (χ1v) is 9.37. The van der Waals surface area contributed by atoms with Crippen molar-refractivity contribution in [3.63, 3.8) is 0 Å². The predicted molar refractivity (Wildman–Crippen MR) is 99.3 cm³/mol. The van der Waals surface area contributed by atoms with Crippen molar-refractivity contribution in [2.45, 2.75) is 12.8 Å². The first kappa shape index (κ1) is 17.3. The van der Waals surface area contributed by atoms with Crippen LogP contribution in [0.15, 0.2) is 23.1 Å². The Labute approximate surface area is 157 Å². The van der Waals surface area contributed by atoms with Crippen molar-refractivity contribution in [3.05, 3.63) is 32.2 Å². The molecule has 2 heterocycles. The molecule has 1 aromatic rings. The highest BCUT2D eigenvalue weighted by Crippen LogP contribution is 2.33. The van der Waals surface area contributed by atoms with Gasteiger partial charge in [-0.25, -0.2) is 0 Å². The number of halogens is 1. The van der Waals surface area contributed by atoms with Gasteiger partial charge in [-0.3, -0.25) is 19.3 Å². The third-order valence-corrected chi connectivity index (χ3v) is 5.67. The lowest BCUT2D eigenvalue weighted by molar-refractivity contribution is -0.135. The van der Waals surface area contributed by atoms with Gasteiger partial charge in [0, 0.05) is 13.1 Å². The number of aromatic hydroxyl groups is 1. The lowest BCUT2D eigenvalue weighted by Crippen LogP contribution is -2.40. The quantitative estimate of drug-likeness (QED) is 0.557. The van der Waals surface area contributed by atoms with Gasteiger partial charge in [-0.05, 0) is 71.0 Å². The van der Waals surface area contributed by atoms with Gasteiger partial charge in [0.2, 0.25) is 5.91 Å². The third kappa shape index (κ3) is 3.59. The molecular formula is C16H15IN2O4S. The second-order valence-electron chi connectivity index (χ2n) is 5.57. The fourth-order valence-electron chi connectivity index (χ4n) is 2.60. The third-order valence-electron chi connectivity index (χ3n) is 3.90. The molecule has 1 aromatic carbocycles. The number of phenolic OH excluding ortho intramolecular Hbond substituents is 1. The van der Waals surface area contributed by atoms with E-state index in [1.807, 2.05) is 22.6 Å². The summed E-state index contributed by atoms with van der Waals surface area (Å²) in [5.74, 6) is -0.465. The zero-order valence-electron chi connectivity index (χ0n) is 12.7. The van der Waals surface area contributed by atoms with Crippen LogP contribution in [0.4, 0.5) is 4.79 Å². The van der Waals surface area contributed by atoms with E-state index < -0.39 is 11.1 Å². The average molecular weight is 458 g/mol. The fourth-order valence-corrected chi connectivity index (χ4v) is 3.98. The maximum absolute atomic E-state index is 12.4. The molecule has 8 heteroatoms. The second-order valence-corrected chi connectivity index (χ2v) is 7.72. The summed E-state index contributed by atoms with van der Waals surface area (Å²) in [7, 11) is 0. The normalized spacial score (nSPS) is 19.6. The Morgan fingerprint density at radius 3 is 2.67 bits per heavy atom. The maximum atomic E-state index is 12.4. The number of thioether (sulfide) groups is 1. The summed E-state index contributed by atoms with van der Waals surface area (Å²) in [5.41, 5.74) is 0.716. The van der Waals surface area contributed by atoms with Gasteiger partial charge < -0.3 is 10.0 Å². The van der Waals surface area contributed by atoms with Gasteiger partial charge in [0.15, 0.2) is 0 Å². The number of hydrogen-bond donors (Lipinski definition) is 1. The van der Waals surface area contributed by atoms with Crippen molar-refractivity contribution in [2.24, 2.45) is 0 Å². The molecule has 1 N–H and O–H groups in total. The summed E-state index contributed by atoms with van der Waals surface area (Å²) in [6, 6.07) is 4.93. The number of carbonyl (C=O) groups is 3. The number of likely N-dealkylation sites (tertiary alicyclic amines) is 1. The molecule has 6 nitrogen and oxygen atoms in total. The summed E-state index contributed by atoms with van der Waals surface area (Å²) in [4.78, 5) is 39.6. The van der Waals surface area contributed by atoms with Crippen LogP contribution in [0.3, 0.4) is 0 Å². The molecule has 0 bridgehead atoms. The van der Waals surface area contributed by atoms with Crippen molar-refractivity contribution < 1.29 is 19.5 Å². The second kappa shape index (κ2) is 7.14. The van der Waals surface area contributed by atoms with Crippen molar-refractivity contribution in [1.82, 2.24) is 9.80 Å². The summed E-state index contributed by atoms with van der Waals surface area (Å²) >= 11 is 2.82. The van der Waals surface area contributed by atoms with Gasteiger partial charge >= 0.3 is 0 Å². The minimum Gasteiger partial charge on any atom is -0.507 e. The van der Waals surface area contributed by atoms with E-state index in [-0.39, 0.29) is 23.1 Å². The number of benzene rings is 1. The molecule has 0 unspecified atom stereocenters. The molecule has 2 saturated heterocycles. The summed E-state index contributed by atoms with van der Waals surface area (Å²) in [6.45, 7) is 1.18. The molecular weight excluding hydrogens is 443 g/mol. The zero-order valence-corrected chi connectivity index (χ0v) is 15.7. The van der Waals surface area contributed by atoms with Gasteiger partial charge in [-0.1, -0.05) is 6.07 Å². The minimum atomic E-state index is -0.444. The minimum absolute atomic E-state index is 0.164. The topological polar surface area (TPSA) is 77.9 Å². The van der Waals surface area contributed by atoms with E-state index in [4.69, 9.17) is 0 Å². The molecule has 0 atom stereocenters. The SMILES string of the molecule is O=C(CN1C(=O)SC(=Cc2ccc(O)c(I)c2)C1=O)N1CCCC1. The Hall–Kier alpha value is -1.55. The summed E-state index contributed by atoms with van der Waals surface area (Å²) < 4.78 is 0.657. The lowest BCUT2D eigenvalue weighted by atomic mass is 10.2. The zero-order chi connectivity index (χ0) is 17.3. The Kier molecular flexibility index (Phi) is 5.14. The molecule has 3 rings (SSSR count). The highest BCUT2D eigenvalue weighted by molar-refractivity contribution is 14.1. The van der Waals surface area contributed by atoms with E-state index in [9.17, 15) is 19.5 Å². The number of rotatable bonds is 3. The number of phenols is 1. The summed E-state index contributed by atoms with van der Waals surface area (Å²) in [6.07, 6.45) is 3.53. The lowest BCUT2D eigenvalue weighted by Gasteiger charge is -2.18. The molecule has 3 amide bonds. The number of hydrogen-bond acceptors (Lipinski definition) is 5. The van der Waals surface area contributed by atoms with Crippen molar-refractivity contribution >= 4 is 57.5 Å². The van der Waals surface area contributed by atoms with Gasteiger partial charge in [0.25, 0.3) is 11.1 Å². The van der Waals surface area contributed by atoms with Crippen LogP contribution in [0, 0.1) is 3.57 Å². The molecule has 0 aliphatic carbocycles. The molecule has 0 aromatic heterocycles. The fraction of sp³-hybridized carbons (Fsp3) is 0.312. The molecule has 0 saturated carbocycles. The molecule has 0 radical (unpaired) electrons. The van der Waals surface area contributed by atoms with Crippen LogP contribution in [0.5, 0.6) is 5.75 Å². The number of carbonyl (C=O) groups excluding carboxylic acids is 3. The Morgan fingerprint density at radius 1 is 1.29 bits per heavy atom. The van der Waals surface area contributed by atoms with Crippen LogP contribution in [0.1, 0.15) is 18.4 Å². The number of imide groups is 1. The first-order valence-electron chi connectivity index (χ1n) is 7.47. The van der Waals surface area contributed by atoms with Gasteiger partial charge in [-0.2, -0.15) is 0 Å². The van der Waals surface area contributed by atoms with E-state index >= 15 is 0 Å². The average Bonchev–Trinajstić information content (AvgIpc) is 3.16. The largest absolute Gasteiger partial charge is 0.507 e. The van der Waals surface area contributed by atoms with E-state index in [0.29, 0.717) is 22.2 Å². The molecule has 126 valence electrons. The van der Waals surface area contributed by atoms with Crippen LogP contribution in [0.25, 0.3) is 6.08 Å². The molecule has 2 aliphatic rings. The summed E-state index contributed by atoms with van der Waals surface area (Å²) in [5, 5.41) is 9.11. The van der Waals surface area contributed by atoms with E-state index in [0.717, 1.165) is 29.5 Å². The molecule has 24 heavy (non-hydrogen) atoms. The Bertz CT molecular complexity index is 744. The number of nitrogens with zero attached hydrogens (tertiary/aromatic N) is 2. The van der Waals surface area contributed by atoms with Crippen LogP contribution in [-0.4, -0.2) is 51.6 Å².